The van der Waals surface area contributed by atoms with Crippen molar-refractivity contribution in [2.45, 2.75) is 0 Å². The van der Waals surface area contributed by atoms with Gasteiger partial charge in [0, 0.05) is 11.8 Å². The third-order valence-corrected chi connectivity index (χ3v) is 4.79. The molecule has 0 saturated heterocycles. The molecule has 0 radical (unpaired) electrons. The van der Waals surface area contributed by atoms with Gasteiger partial charge >= 0.3 is 0 Å². The molecule has 0 aromatic heterocycles. The number of hydrogen-bond acceptors (Lipinski definition) is 2. The second-order valence-electron chi connectivity index (χ2n) is 6.26. The van der Waals surface area contributed by atoms with Crippen molar-refractivity contribution in [1.29, 1.82) is 0 Å². The Hall–Kier alpha value is -3.39. The first-order chi connectivity index (χ1) is 12.3. The van der Waals surface area contributed by atoms with Gasteiger partial charge in [0.1, 0.15) is 11.4 Å². The molecule has 0 aliphatic rings. The molecule has 1 N–H and O–H groups in total. The fraction of sp³-hybridized carbons (Fsp3) is 0. The van der Waals surface area contributed by atoms with Crippen molar-refractivity contribution in [3.05, 3.63) is 84.4 Å². The second kappa shape index (κ2) is 5.32. The molecular weight excluding hydrogens is 306 g/mol. The molecular formula is C23H15NO. The molecule has 0 amide bonds. The van der Waals surface area contributed by atoms with Gasteiger partial charge in [-0.25, -0.2) is 0 Å². The molecule has 5 aromatic carbocycles. The Balaban J connectivity index is 1.78. The monoisotopic (exact) mass is 321 g/mol. The lowest BCUT2D eigenvalue weighted by Gasteiger charge is -2.12. The van der Waals surface area contributed by atoms with Crippen molar-refractivity contribution < 1.29 is 5.11 Å². The molecule has 0 heterocycles. The lowest BCUT2D eigenvalue weighted by molar-refractivity contribution is 0.477. The van der Waals surface area contributed by atoms with E-state index in [4.69, 9.17) is 0 Å². The fourth-order valence-electron chi connectivity index (χ4n) is 3.58. The maximum atomic E-state index is 9.91. The minimum atomic E-state index is 0.191. The highest BCUT2D eigenvalue weighted by Crippen LogP contribution is 2.35. The summed E-state index contributed by atoms with van der Waals surface area (Å²) < 4.78 is 0. The molecule has 5 aromatic rings. The Bertz CT molecular complexity index is 1240. The van der Waals surface area contributed by atoms with Gasteiger partial charge in [0.05, 0.1) is 0 Å². The summed E-state index contributed by atoms with van der Waals surface area (Å²) in [4.78, 5) is 4.48. The third-order valence-electron chi connectivity index (χ3n) is 4.79. The van der Waals surface area contributed by atoms with E-state index in [-0.39, 0.29) is 5.75 Å². The maximum absolute atomic E-state index is 9.91. The van der Waals surface area contributed by atoms with Crippen molar-refractivity contribution in [3.8, 4) is 5.75 Å². The number of para-hydroxylation sites is 2. The molecule has 0 unspecified atom stereocenters. The third kappa shape index (κ3) is 2.15. The van der Waals surface area contributed by atoms with Crippen LogP contribution < -0.4 is 0 Å². The number of rotatable bonds is 2. The van der Waals surface area contributed by atoms with Crippen molar-refractivity contribution >= 4 is 44.2 Å². The van der Waals surface area contributed by atoms with Gasteiger partial charge in [0.25, 0.3) is 0 Å². The SMILES string of the molecule is Oc1ccccc1N=Cc1ccc2ccc3cccc4ccc1c2c34. The summed E-state index contributed by atoms with van der Waals surface area (Å²) in [6.45, 7) is 0. The molecule has 25 heavy (non-hydrogen) atoms. The van der Waals surface area contributed by atoms with Gasteiger partial charge in [-0.15, -0.1) is 0 Å². The number of nitrogens with zero attached hydrogens (tertiary/aromatic N) is 1. The van der Waals surface area contributed by atoms with Crippen LogP contribution in [-0.4, -0.2) is 11.3 Å². The highest BCUT2D eigenvalue weighted by Gasteiger charge is 2.09. The van der Waals surface area contributed by atoms with Gasteiger partial charge in [-0.3, -0.25) is 4.99 Å². The lowest BCUT2D eigenvalue weighted by atomic mass is 9.92. The van der Waals surface area contributed by atoms with Crippen molar-refractivity contribution in [1.82, 2.24) is 0 Å². The van der Waals surface area contributed by atoms with E-state index in [9.17, 15) is 5.11 Å². The van der Waals surface area contributed by atoms with Crippen LogP contribution in [0, 0.1) is 0 Å². The molecule has 5 rings (SSSR count). The first-order valence-electron chi connectivity index (χ1n) is 8.30. The van der Waals surface area contributed by atoms with Crippen LogP contribution in [-0.2, 0) is 0 Å². The summed E-state index contributed by atoms with van der Waals surface area (Å²) >= 11 is 0. The maximum Gasteiger partial charge on any atom is 0.141 e. The highest BCUT2D eigenvalue weighted by molar-refractivity contribution is 6.25. The van der Waals surface area contributed by atoms with Crippen LogP contribution in [0.25, 0.3) is 32.3 Å². The van der Waals surface area contributed by atoms with Crippen LogP contribution in [0.2, 0.25) is 0 Å². The predicted octanol–water partition coefficient (Wildman–Crippen LogP) is 6.04. The average Bonchev–Trinajstić information content (AvgIpc) is 2.66. The van der Waals surface area contributed by atoms with E-state index >= 15 is 0 Å². The molecule has 0 aliphatic heterocycles. The largest absolute Gasteiger partial charge is 0.506 e. The predicted molar refractivity (Wildman–Crippen MR) is 106 cm³/mol. The van der Waals surface area contributed by atoms with Crippen molar-refractivity contribution in [2.75, 3.05) is 0 Å². The standard InChI is InChI=1S/C23H15NO/c25-21-7-2-1-6-20(21)24-14-18-11-10-17-9-8-15-4-3-5-16-12-13-19(18)23(17)22(15)16/h1-14,25H. The summed E-state index contributed by atoms with van der Waals surface area (Å²) in [5, 5.41) is 17.4. The number of aliphatic imine (C=N–C) groups is 1. The second-order valence-corrected chi connectivity index (χ2v) is 6.26. The van der Waals surface area contributed by atoms with Crippen LogP contribution in [0.5, 0.6) is 5.75 Å². The first kappa shape index (κ1) is 14.0. The van der Waals surface area contributed by atoms with Gasteiger partial charge < -0.3 is 5.11 Å². The number of phenols is 1. The Morgan fingerprint density at radius 2 is 1.32 bits per heavy atom. The Morgan fingerprint density at radius 1 is 0.640 bits per heavy atom. The van der Waals surface area contributed by atoms with E-state index in [0.29, 0.717) is 5.69 Å². The zero-order chi connectivity index (χ0) is 16.8. The first-order valence-corrected chi connectivity index (χ1v) is 8.30. The summed E-state index contributed by atoms with van der Waals surface area (Å²) in [7, 11) is 0. The van der Waals surface area contributed by atoms with E-state index in [1.165, 1.54) is 32.3 Å². The molecule has 0 fully saturated rings. The highest BCUT2D eigenvalue weighted by atomic mass is 16.3. The number of phenolic OH excluding ortho intramolecular Hbond substituents is 1. The molecule has 2 heteroatoms. The van der Waals surface area contributed by atoms with Crippen molar-refractivity contribution in [3.63, 3.8) is 0 Å². The summed E-state index contributed by atoms with van der Waals surface area (Å²) in [6.07, 6.45) is 1.83. The van der Waals surface area contributed by atoms with Crippen LogP contribution >= 0.6 is 0 Å². The minimum Gasteiger partial charge on any atom is -0.506 e. The lowest BCUT2D eigenvalue weighted by Crippen LogP contribution is -1.89. The fourth-order valence-corrected chi connectivity index (χ4v) is 3.58. The van der Waals surface area contributed by atoms with E-state index in [2.05, 4.69) is 59.6 Å². The molecule has 118 valence electrons. The summed E-state index contributed by atoms with van der Waals surface area (Å²) in [5.41, 5.74) is 1.63. The van der Waals surface area contributed by atoms with E-state index in [1.807, 2.05) is 18.3 Å². The molecule has 0 bridgehead atoms. The summed E-state index contributed by atoms with van der Waals surface area (Å²) in [6, 6.07) is 26.5. The number of hydrogen-bond donors (Lipinski definition) is 1. The molecule has 0 atom stereocenters. The molecule has 0 spiro atoms. The van der Waals surface area contributed by atoms with Gasteiger partial charge in [0.2, 0.25) is 0 Å². The van der Waals surface area contributed by atoms with Gasteiger partial charge in [-0.1, -0.05) is 66.7 Å². The Labute approximate surface area is 145 Å². The number of aromatic hydroxyl groups is 1. The zero-order valence-electron chi connectivity index (χ0n) is 13.5. The minimum absolute atomic E-state index is 0.191. The van der Waals surface area contributed by atoms with Crippen LogP contribution in [0.1, 0.15) is 5.56 Å². The summed E-state index contributed by atoms with van der Waals surface area (Å²) in [5.74, 6) is 0.191. The molecule has 2 nitrogen and oxygen atoms in total. The average molecular weight is 321 g/mol. The topological polar surface area (TPSA) is 32.6 Å². The zero-order valence-corrected chi connectivity index (χ0v) is 13.5. The van der Waals surface area contributed by atoms with Crippen LogP contribution in [0.15, 0.2) is 83.9 Å². The van der Waals surface area contributed by atoms with Gasteiger partial charge in [-0.2, -0.15) is 0 Å². The van der Waals surface area contributed by atoms with Gasteiger partial charge in [-0.05, 0) is 44.5 Å². The van der Waals surface area contributed by atoms with Gasteiger partial charge in [0.15, 0.2) is 0 Å². The van der Waals surface area contributed by atoms with Crippen LogP contribution in [0.3, 0.4) is 0 Å². The van der Waals surface area contributed by atoms with E-state index in [1.54, 1.807) is 12.1 Å². The molecule has 0 saturated carbocycles. The normalized spacial score (nSPS) is 12.0. The van der Waals surface area contributed by atoms with E-state index < -0.39 is 0 Å². The smallest absolute Gasteiger partial charge is 0.141 e. The Kier molecular flexibility index (Phi) is 2.98. The number of benzene rings is 5. The quantitative estimate of drug-likeness (QED) is 0.312. The van der Waals surface area contributed by atoms with Crippen molar-refractivity contribution in [2.24, 2.45) is 4.99 Å². The Morgan fingerprint density at radius 3 is 2.12 bits per heavy atom. The van der Waals surface area contributed by atoms with Crippen LogP contribution in [0.4, 0.5) is 5.69 Å². The van der Waals surface area contributed by atoms with E-state index in [0.717, 1.165) is 5.56 Å². The molecule has 0 aliphatic carbocycles.